The maximum Gasteiger partial charge on any atom is 0.342 e. The Hall–Kier alpha value is -3.26. The lowest BCUT2D eigenvalue weighted by Gasteiger charge is -2.11. The molecular weight excluding hydrogens is 388 g/mol. The van der Waals surface area contributed by atoms with Crippen LogP contribution >= 0.6 is 11.6 Å². The fourth-order valence-electron chi connectivity index (χ4n) is 2.23. The van der Waals surface area contributed by atoms with Crippen LogP contribution in [0.4, 0.5) is 5.69 Å². The van der Waals surface area contributed by atoms with E-state index in [-0.39, 0.29) is 28.6 Å². The number of ether oxygens (including phenoxy) is 3. The van der Waals surface area contributed by atoms with Gasteiger partial charge >= 0.3 is 11.9 Å². The van der Waals surface area contributed by atoms with Gasteiger partial charge in [-0.2, -0.15) is 0 Å². The number of hydrogen-bond donors (Lipinski definition) is 2. The highest BCUT2D eigenvalue weighted by atomic mass is 35.5. The van der Waals surface area contributed by atoms with E-state index in [0.29, 0.717) is 5.56 Å². The molecule has 0 aliphatic carbocycles. The number of benzene rings is 2. The zero-order valence-corrected chi connectivity index (χ0v) is 16.0. The molecule has 3 N–H and O–H groups in total. The maximum atomic E-state index is 12.2. The molecule has 0 atom stereocenters. The van der Waals surface area contributed by atoms with Crippen molar-refractivity contribution in [2.45, 2.75) is 6.54 Å². The average Bonchev–Trinajstić information content (AvgIpc) is 2.71. The van der Waals surface area contributed by atoms with Gasteiger partial charge in [0.05, 0.1) is 30.5 Å². The minimum Gasteiger partial charge on any atom is -0.496 e. The lowest BCUT2D eigenvalue weighted by molar-refractivity contribution is -0.124. The van der Waals surface area contributed by atoms with Crippen molar-refractivity contribution in [2.24, 2.45) is 0 Å². The summed E-state index contributed by atoms with van der Waals surface area (Å²) in [6.07, 6.45) is 0. The molecule has 9 heteroatoms. The molecule has 0 aliphatic heterocycles. The van der Waals surface area contributed by atoms with Gasteiger partial charge in [-0.05, 0) is 23.8 Å². The highest BCUT2D eigenvalue weighted by Crippen LogP contribution is 2.29. The van der Waals surface area contributed by atoms with Crippen LogP contribution in [0.3, 0.4) is 0 Å². The lowest BCUT2D eigenvalue weighted by atomic mass is 10.1. The van der Waals surface area contributed by atoms with Crippen LogP contribution in [-0.4, -0.2) is 38.7 Å². The Labute approximate surface area is 166 Å². The molecule has 0 spiro atoms. The number of nitrogens with one attached hydrogen (secondary N) is 1. The summed E-state index contributed by atoms with van der Waals surface area (Å²) >= 11 is 5.91. The quantitative estimate of drug-likeness (QED) is 0.534. The number of rotatable bonds is 7. The Bertz CT molecular complexity index is 883. The maximum absolute atomic E-state index is 12.2. The number of methoxy groups -OCH3 is 2. The highest BCUT2D eigenvalue weighted by molar-refractivity contribution is 6.33. The topological polar surface area (TPSA) is 117 Å². The van der Waals surface area contributed by atoms with Gasteiger partial charge in [0.1, 0.15) is 11.3 Å². The molecule has 2 aromatic carbocycles. The first-order chi connectivity index (χ1) is 13.3. The van der Waals surface area contributed by atoms with Crippen LogP contribution in [0, 0.1) is 0 Å². The van der Waals surface area contributed by atoms with Gasteiger partial charge in [-0.1, -0.05) is 23.7 Å². The van der Waals surface area contributed by atoms with Crippen LogP contribution in [0.2, 0.25) is 5.02 Å². The van der Waals surface area contributed by atoms with E-state index >= 15 is 0 Å². The Morgan fingerprint density at radius 1 is 1.07 bits per heavy atom. The van der Waals surface area contributed by atoms with Crippen molar-refractivity contribution in [1.82, 2.24) is 5.32 Å². The van der Waals surface area contributed by atoms with E-state index in [2.05, 4.69) is 10.1 Å². The molecule has 0 aliphatic rings. The van der Waals surface area contributed by atoms with Crippen LogP contribution < -0.4 is 15.8 Å². The summed E-state index contributed by atoms with van der Waals surface area (Å²) in [5.74, 6) is -1.51. The van der Waals surface area contributed by atoms with Gasteiger partial charge in [-0.3, -0.25) is 4.79 Å². The third kappa shape index (κ3) is 5.37. The van der Waals surface area contributed by atoms with E-state index in [0.717, 1.165) is 5.56 Å². The summed E-state index contributed by atoms with van der Waals surface area (Å²) in [6, 6.07) is 9.25. The molecule has 0 fully saturated rings. The summed E-state index contributed by atoms with van der Waals surface area (Å²) in [6.45, 7) is -0.279. The van der Waals surface area contributed by atoms with E-state index < -0.39 is 24.5 Å². The van der Waals surface area contributed by atoms with Gasteiger partial charge in [0.25, 0.3) is 5.91 Å². The van der Waals surface area contributed by atoms with Gasteiger partial charge in [0.2, 0.25) is 0 Å². The third-order valence-electron chi connectivity index (χ3n) is 3.74. The molecule has 0 unspecified atom stereocenters. The fraction of sp³-hybridized carbons (Fsp3) is 0.211. The molecule has 2 rings (SSSR count). The lowest BCUT2D eigenvalue weighted by Crippen LogP contribution is -2.28. The number of nitrogen functional groups attached to an aromatic ring is 1. The second-order valence-corrected chi connectivity index (χ2v) is 6.02. The molecule has 0 radical (unpaired) electrons. The first-order valence-electron chi connectivity index (χ1n) is 8.09. The monoisotopic (exact) mass is 406 g/mol. The van der Waals surface area contributed by atoms with Crippen molar-refractivity contribution in [3.63, 3.8) is 0 Å². The van der Waals surface area contributed by atoms with E-state index in [1.54, 1.807) is 24.3 Å². The van der Waals surface area contributed by atoms with Crippen LogP contribution in [-0.2, 0) is 20.8 Å². The largest absolute Gasteiger partial charge is 0.496 e. The van der Waals surface area contributed by atoms with Crippen LogP contribution in [0.15, 0.2) is 36.4 Å². The minimum atomic E-state index is -0.767. The van der Waals surface area contributed by atoms with Gasteiger partial charge in [-0.25, -0.2) is 9.59 Å². The summed E-state index contributed by atoms with van der Waals surface area (Å²) in [5, 5.41) is 2.78. The van der Waals surface area contributed by atoms with Crippen molar-refractivity contribution < 1.29 is 28.6 Å². The number of carbonyl (C=O) groups excluding carboxylic acids is 3. The molecule has 148 valence electrons. The molecule has 8 nitrogen and oxygen atoms in total. The molecule has 0 bridgehead atoms. The van der Waals surface area contributed by atoms with Crippen LogP contribution in [0.25, 0.3) is 0 Å². The molecule has 0 saturated heterocycles. The summed E-state index contributed by atoms with van der Waals surface area (Å²) in [5.41, 5.74) is 7.15. The van der Waals surface area contributed by atoms with E-state index in [1.165, 1.54) is 26.4 Å². The van der Waals surface area contributed by atoms with Crippen molar-refractivity contribution in [2.75, 3.05) is 26.6 Å². The predicted octanol–water partition coefficient (Wildman–Crippen LogP) is 2.19. The van der Waals surface area contributed by atoms with E-state index in [4.69, 9.17) is 26.8 Å². The van der Waals surface area contributed by atoms with Crippen molar-refractivity contribution >= 4 is 35.1 Å². The standard InChI is InChI=1S/C19H19ClN2O6/c1-26-16-8-15(21)14(20)7-13(16)19(25)28-10-17(23)22-9-11-3-5-12(6-4-11)18(24)27-2/h3-8H,9-10,21H2,1-2H3,(H,22,23). The second kappa shape index (κ2) is 9.61. The van der Waals surface area contributed by atoms with Crippen molar-refractivity contribution in [3.8, 4) is 5.75 Å². The Balaban J connectivity index is 1.88. The molecule has 0 saturated carbocycles. The molecule has 0 aromatic heterocycles. The number of amides is 1. The molecule has 28 heavy (non-hydrogen) atoms. The Kier molecular flexibility index (Phi) is 7.22. The summed E-state index contributed by atoms with van der Waals surface area (Å²) in [7, 11) is 2.67. The highest BCUT2D eigenvalue weighted by Gasteiger charge is 2.17. The number of hydrogen-bond acceptors (Lipinski definition) is 7. The Morgan fingerprint density at radius 2 is 1.75 bits per heavy atom. The van der Waals surface area contributed by atoms with E-state index in [9.17, 15) is 14.4 Å². The molecule has 1 amide bonds. The van der Waals surface area contributed by atoms with Gasteiger partial charge in [-0.15, -0.1) is 0 Å². The number of esters is 2. The second-order valence-electron chi connectivity index (χ2n) is 5.62. The normalized spacial score (nSPS) is 10.1. The SMILES string of the molecule is COC(=O)c1ccc(CNC(=O)COC(=O)c2cc(Cl)c(N)cc2OC)cc1. The Morgan fingerprint density at radius 3 is 2.36 bits per heavy atom. The zero-order chi connectivity index (χ0) is 20.7. The predicted molar refractivity (Wildman–Crippen MR) is 102 cm³/mol. The third-order valence-corrected chi connectivity index (χ3v) is 4.07. The number of halogens is 1. The molecule has 0 heterocycles. The van der Waals surface area contributed by atoms with E-state index in [1.807, 2.05) is 0 Å². The summed E-state index contributed by atoms with van der Waals surface area (Å²) < 4.78 is 14.7. The van der Waals surface area contributed by atoms with Crippen LogP contribution in [0.1, 0.15) is 26.3 Å². The van der Waals surface area contributed by atoms with Crippen molar-refractivity contribution in [3.05, 3.63) is 58.1 Å². The average molecular weight is 407 g/mol. The smallest absolute Gasteiger partial charge is 0.342 e. The number of anilines is 1. The van der Waals surface area contributed by atoms with Crippen LogP contribution in [0.5, 0.6) is 5.75 Å². The number of nitrogens with two attached hydrogens (primary N) is 1. The zero-order valence-electron chi connectivity index (χ0n) is 15.3. The number of carbonyl (C=O) groups is 3. The first-order valence-corrected chi connectivity index (χ1v) is 8.47. The summed E-state index contributed by atoms with van der Waals surface area (Å²) in [4.78, 5) is 35.5. The molecule has 2 aromatic rings. The first kappa shape index (κ1) is 21.0. The van der Waals surface area contributed by atoms with Crippen molar-refractivity contribution in [1.29, 1.82) is 0 Å². The van der Waals surface area contributed by atoms with Gasteiger partial charge in [0.15, 0.2) is 6.61 Å². The molecular formula is C19H19ClN2O6. The minimum absolute atomic E-state index is 0.0629. The van der Waals surface area contributed by atoms with Gasteiger partial charge < -0.3 is 25.3 Å². The van der Waals surface area contributed by atoms with Gasteiger partial charge in [0, 0.05) is 12.6 Å². The fourth-order valence-corrected chi connectivity index (χ4v) is 2.40.